The van der Waals surface area contributed by atoms with Crippen LogP contribution in [-0.2, 0) is 4.84 Å². The molecule has 5 rings (SSSR count). The Morgan fingerprint density at radius 2 is 2.03 bits per heavy atom. The summed E-state index contributed by atoms with van der Waals surface area (Å²) in [6, 6.07) is 11.9. The Kier molecular flexibility index (Phi) is 5.52. The normalized spacial score (nSPS) is 17.9. The van der Waals surface area contributed by atoms with Crippen molar-refractivity contribution in [2.45, 2.75) is 6.92 Å². The third kappa shape index (κ3) is 3.98. The molecule has 0 radical (unpaired) electrons. The lowest BCUT2D eigenvalue weighted by molar-refractivity contribution is 0.106. The van der Waals surface area contributed by atoms with Gasteiger partial charge in [-0.25, -0.2) is 4.99 Å². The number of aliphatic imine (C=N–C) groups is 1. The fourth-order valence-electron chi connectivity index (χ4n) is 4.11. The number of rotatable bonds is 5. The lowest BCUT2D eigenvalue weighted by atomic mass is 10.0. The van der Waals surface area contributed by atoms with Gasteiger partial charge >= 0.3 is 0 Å². The Bertz CT molecular complexity index is 1190. The monoisotopic (exact) mass is 481 g/mol. The van der Waals surface area contributed by atoms with Crippen LogP contribution in [0.4, 0.5) is 5.69 Å². The lowest BCUT2D eigenvalue weighted by Crippen LogP contribution is -2.44. The topological polar surface area (TPSA) is 85.2 Å². The number of aryl methyl sites for hydroxylation is 1. The van der Waals surface area contributed by atoms with Gasteiger partial charge in [-0.05, 0) is 37.3 Å². The molecule has 1 fully saturated rings. The van der Waals surface area contributed by atoms with Gasteiger partial charge < -0.3 is 20.2 Å². The maximum atomic E-state index is 10.7. The van der Waals surface area contributed by atoms with Crippen LogP contribution in [-0.4, -0.2) is 65.7 Å². The van der Waals surface area contributed by atoms with Crippen LogP contribution < -0.4 is 5.32 Å². The zero-order chi connectivity index (χ0) is 21.4. The van der Waals surface area contributed by atoms with Gasteiger partial charge in [-0.15, -0.1) is 0 Å². The molecule has 2 aliphatic rings. The summed E-state index contributed by atoms with van der Waals surface area (Å²) in [5, 5.41) is 19.5. The number of aromatic nitrogens is 1. The first-order valence-corrected chi connectivity index (χ1v) is 11.2. The fraction of sp³-hybridized carbons (Fsp3) is 0.304. The Morgan fingerprint density at radius 3 is 2.87 bits per heavy atom. The molecule has 3 heterocycles. The van der Waals surface area contributed by atoms with E-state index in [1.807, 2.05) is 43.3 Å². The van der Waals surface area contributed by atoms with Crippen LogP contribution in [0, 0.1) is 6.92 Å². The van der Waals surface area contributed by atoms with Crippen LogP contribution in [0.5, 0.6) is 5.88 Å². The molecule has 2 aliphatic heterocycles. The van der Waals surface area contributed by atoms with Crippen molar-refractivity contribution >= 4 is 43.9 Å². The van der Waals surface area contributed by atoms with Gasteiger partial charge in [0, 0.05) is 53.7 Å². The molecule has 3 aromatic rings. The molecule has 0 aliphatic carbocycles. The molecule has 0 spiro atoms. The highest BCUT2D eigenvalue weighted by molar-refractivity contribution is 9.10. The predicted octanol–water partition coefficient (Wildman–Crippen LogP) is 3.70. The van der Waals surface area contributed by atoms with Crippen LogP contribution in [0.15, 0.2) is 51.0 Å². The van der Waals surface area contributed by atoms with E-state index in [0.717, 1.165) is 64.9 Å². The van der Waals surface area contributed by atoms with Gasteiger partial charge in [-0.1, -0.05) is 32.7 Å². The molecule has 31 heavy (non-hydrogen) atoms. The first-order chi connectivity index (χ1) is 15.1. The summed E-state index contributed by atoms with van der Waals surface area (Å²) < 4.78 is 0.940. The van der Waals surface area contributed by atoms with Crippen LogP contribution in [0.3, 0.4) is 0 Å². The van der Waals surface area contributed by atoms with E-state index in [-0.39, 0.29) is 5.88 Å². The molecule has 1 saturated heterocycles. The van der Waals surface area contributed by atoms with Gasteiger partial charge in [0.15, 0.2) is 5.88 Å². The quantitative estimate of drug-likeness (QED) is 0.383. The number of hydrogen-bond acceptors (Lipinski definition) is 6. The minimum Gasteiger partial charge on any atom is -0.494 e. The second-order valence-corrected chi connectivity index (χ2v) is 8.80. The highest BCUT2D eigenvalue weighted by Crippen LogP contribution is 2.37. The Balaban J connectivity index is 1.49. The minimum absolute atomic E-state index is 0.0831. The second kappa shape index (κ2) is 8.45. The Hall–Kier alpha value is -2.68. The molecule has 3 N–H and O–H groups in total. The zero-order valence-electron chi connectivity index (χ0n) is 17.3. The maximum Gasteiger partial charge on any atom is 0.199 e. The summed E-state index contributed by atoms with van der Waals surface area (Å²) in [5.74, 6) is 0.0831. The van der Waals surface area contributed by atoms with E-state index < -0.39 is 0 Å². The SMILES string of the molecule is Cc1ccc2[nH]c(O)c(C3=Nc4ccc(Br)cc4/C3=N\OCCN3CCNCC3)c2c1. The molecular weight excluding hydrogens is 458 g/mol. The highest BCUT2D eigenvalue weighted by atomic mass is 79.9. The van der Waals surface area contributed by atoms with E-state index in [9.17, 15) is 5.11 Å². The van der Waals surface area contributed by atoms with Crippen LogP contribution in [0.2, 0.25) is 0 Å². The number of piperazine rings is 1. The number of H-pyrrole nitrogens is 1. The van der Waals surface area contributed by atoms with E-state index in [1.165, 1.54) is 0 Å². The number of fused-ring (bicyclic) bond motifs is 2. The Labute approximate surface area is 188 Å². The van der Waals surface area contributed by atoms with Gasteiger partial charge in [0.25, 0.3) is 0 Å². The summed E-state index contributed by atoms with van der Waals surface area (Å²) in [6.45, 7) is 7.41. The van der Waals surface area contributed by atoms with Crippen molar-refractivity contribution < 1.29 is 9.94 Å². The van der Waals surface area contributed by atoms with E-state index in [2.05, 4.69) is 36.3 Å². The van der Waals surface area contributed by atoms with Crippen molar-refractivity contribution in [2.75, 3.05) is 39.3 Å². The molecule has 2 aromatic carbocycles. The fourth-order valence-corrected chi connectivity index (χ4v) is 4.47. The standard InChI is InChI=1S/C23H24BrN5O2/c1-14-2-4-18-16(12-14)20(23(30)27-18)22-21(17-13-15(24)3-5-19(17)26-22)28-31-11-10-29-8-6-25-7-9-29/h2-5,12-13,25,27,30H,6-11H2,1H3/b28-21+. The molecule has 8 heteroatoms. The molecule has 160 valence electrons. The van der Waals surface area contributed by atoms with Crippen molar-refractivity contribution in [1.29, 1.82) is 0 Å². The minimum atomic E-state index is 0.0831. The second-order valence-electron chi connectivity index (χ2n) is 7.88. The van der Waals surface area contributed by atoms with Gasteiger partial charge in [-0.2, -0.15) is 0 Å². The Morgan fingerprint density at radius 1 is 1.19 bits per heavy atom. The molecule has 0 saturated carbocycles. The van der Waals surface area contributed by atoms with Gasteiger partial charge in [0.2, 0.25) is 0 Å². The van der Waals surface area contributed by atoms with Gasteiger partial charge in [0.1, 0.15) is 18.0 Å². The average molecular weight is 482 g/mol. The molecule has 1 aromatic heterocycles. The van der Waals surface area contributed by atoms with Crippen LogP contribution in [0.1, 0.15) is 16.7 Å². The molecule has 0 bridgehead atoms. The van der Waals surface area contributed by atoms with Crippen molar-refractivity contribution in [3.05, 3.63) is 57.6 Å². The van der Waals surface area contributed by atoms with Crippen LogP contribution >= 0.6 is 15.9 Å². The van der Waals surface area contributed by atoms with Gasteiger partial charge in [-0.3, -0.25) is 4.90 Å². The number of benzene rings is 2. The van der Waals surface area contributed by atoms with Crippen molar-refractivity contribution in [3.63, 3.8) is 0 Å². The third-order valence-corrected chi connectivity index (χ3v) is 6.20. The molecule has 0 atom stereocenters. The number of hydrogen-bond donors (Lipinski definition) is 3. The summed E-state index contributed by atoms with van der Waals surface area (Å²) in [5.41, 5.74) is 5.56. The average Bonchev–Trinajstić information content (AvgIpc) is 3.27. The number of nitrogens with one attached hydrogen (secondary N) is 2. The molecule has 0 unspecified atom stereocenters. The smallest absolute Gasteiger partial charge is 0.199 e. The maximum absolute atomic E-state index is 10.7. The molecule has 0 amide bonds. The predicted molar refractivity (Wildman–Crippen MR) is 127 cm³/mol. The number of nitrogens with zero attached hydrogens (tertiary/aromatic N) is 3. The number of aromatic hydroxyl groups is 1. The van der Waals surface area contributed by atoms with Crippen LogP contribution in [0.25, 0.3) is 10.9 Å². The molecular formula is C23H24BrN5O2. The third-order valence-electron chi connectivity index (χ3n) is 5.71. The van der Waals surface area contributed by atoms with E-state index >= 15 is 0 Å². The number of halogens is 1. The first-order valence-electron chi connectivity index (χ1n) is 10.4. The highest BCUT2D eigenvalue weighted by Gasteiger charge is 2.29. The van der Waals surface area contributed by atoms with Crippen molar-refractivity contribution in [2.24, 2.45) is 10.1 Å². The summed E-state index contributed by atoms with van der Waals surface area (Å²) in [6.07, 6.45) is 0. The van der Waals surface area contributed by atoms with Crippen molar-refractivity contribution in [1.82, 2.24) is 15.2 Å². The van der Waals surface area contributed by atoms with E-state index in [0.29, 0.717) is 23.6 Å². The van der Waals surface area contributed by atoms with E-state index in [4.69, 9.17) is 9.83 Å². The summed E-state index contributed by atoms with van der Waals surface area (Å²) in [7, 11) is 0. The lowest BCUT2D eigenvalue weighted by Gasteiger charge is -2.26. The largest absolute Gasteiger partial charge is 0.494 e. The number of aromatic amines is 1. The first kappa shape index (κ1) is 20.2. The summed E-state index contributed by atoms with van der Waals surface area (Å²) in [4.78, 5) is 16.0. The van der Waals surface area contributed by atoms with E-state index in [1.54, 1.807) is 0 Å². The number of oxime groups is 1. The van der Waals surface area contributed by atoms with Crippen molar-refractivity contribution in [3.8, 4) is 5.88 Å². The van der Waals surface area contributed by atoms with Gasteiger partial charge in [0.05, 0.1) is 11.3 Å². The molecule has 7 nitrogen and oxygen atoms in total. The zero-order valence-corrected chi connectivity index (χ0v) is 18.9. The summed E-state index contributed by atoms with van der Waals surface area (Å²) >= 11 is 3.54.